The highest BCUT2D eigenvalue weighted by Gasteiger charge is 2.16. The van der Waals surface area contributed by atoms with Gasteiger partial charge in [-0.3, -0.25) is 0 Å². The van der Waals surface area contributed by atoms with E-state index >= 15 is 0 Å². The Bertz CT molecular complexity index is 611. The Balaban J connectivity index is 1.78. The van der Waals surface area contributed by atoms with Crippen LogP contribution in [0.25, 0.3) is 0 Å². The molecule has 1 aromatic carbocycles. The Hall–Kier alpha value is -1.39. The van der Waals surface area contributed by atoms with E-state index in [1.165, 1.54) is 17.7 Å². The second kappa shape index (κ2) is 5.94. The zero-order valence-electron chi connectivity index (χ0n) is 11.2. The molecule has 0 radical (unpaired) electrons. The SMILES string of the molecule is NCc1cc2c(nc1OCc1ccc(Br)cc1)CCC2. The normalized spacial score (nSPS) is 13.3. The highest BCUT2D eigenvalue weighted by Crippen LogP contribution is 2.27. The summed E-state index contributed by atoms with van der Waals surface area (Å²) in [7, 11) is 0. The van der Waals surface area contributed by atoms with Gasteiger partial charge in [0.2, 0.25) is 5.88 Å². The first-order valence-corrected chi connectivity index (χ1v) is 7.64. The van der Waals surface area contributed by atoms with Crippen molar-refractivity contribution in [2.24, 2.45) is 5.73 Å². The van der Waals surface area contributed by atoms with Crippen molar-refractivity contribution in [1.29, 1.82) is 0 Å². The minimum Gasteiger partial charge on any atom is -0.473 e. The number of ether oxygens (including phenoxy) is 1. The molecule has 3 rings (SSSR count). The van der Waals surface area contributed by atoms with Crippen molar-refractivity contribution in [3.05, 3.63) is 57.2 Å². The fourth-order valence-electron chi connectivity index (χ4n) is 2.50. The molecule has 20 heavy (non-hydrogen) atoms. The minimum atomic E-state index is 0.468. The van der Waals surface area contributed by atoms with Gasteiger partial charge in [-0.15, -0.1) is 0 Å². The first kappa shape index (κ1) is 13.6. The van der Waals surface area contributed by atoms with Crippen LogP contribution in [0.15, 0.2) is 34.8 Å². The van der Waals surface area contributed by atoms with E-state index in [2.05, 4.69) is 27.0 Å². The number of hydrogen-bond donors (Lipinski definition) is 1. The van der Waals surface area contributed by atoms with Crippen LogP contribution in [0, 0.1) is 0 Å². The molecular weight excluding hydrogens is 316 g/mol. The van der Waals surface area contributed by atoms with Gasteiger partial charge in [0.05, 0.1) is 0 Å². The third-order valence-corrected chi connectivity index (χ3v) is 4.13. The molecule has 1 aromatic heterocycles. The lowest BCUT2D eigenvalue weighted by Crippen LogP contribution is -2.06. The summed E-state index contributed by atoms with van der Waals surface area (Å²) < 4.78 is 6.94. The van der Waals surface area contributed by atoms with Gasteiger partial charge in [0.25, 0.3) is 0 Å². The minimum absolute atomic E-state index is 0.468. The number of fused-ring (bicyclic) bond motifs is 1. The number of nitrogens with zero attached hydrogens (tertiary/aromatic N) is 1. The molecule has 1 aliphatic carbocycles. The molecule has 0 amide bonds. The largest absolute Gasteiger partial charge is 0.473 e. The quantitative estimate of drug-likeness (QED) is 0.933. The number of hydrogen-bond acceptors (Lipinski definition) is 3. The maximum absolute atomic E-state index is 5.87. The lowest BCUT2D eigenvalue weighted by atomic mass is 10.1. The predicted octanol–water partition coefficient (Wildman–Crippen LogP) is 3.37. The van der Waals surface area contributed by atoms with Gasteiger partial charge in [0.15, 0.2) is 0 Å². The summed E-state index contributed by atoms with van der Waals surface area (Å²) in [5.41, 5.74) is 10.4. The molecule has 0 spiro atoms. The van der Waals surface area contributed by atoms with Crippen LogP contribution < -0.4 is 10.5 Å². The highest BCUT2D eigenvalue weighted by molar-refractivity contribution is 9.10. The molecule has 2 aromatic rings. The zero-order valence-corrected chi connectivity index (χ0v) is 12.8. The second-order valence-electron chi connectivity index (χ2n) is 5.03. The first-order chi connectivity index (χ1) is 9.76. The van der Waals surface area contributed by atoms with Gasteiger partial charge >= 0.3 is 0 Å². The average Bonchev–Trinajstić information content (AvgIpc) is 2.92. The molecule has 0 saturated carbocycles. The van der Waals surface area contributed by atoms with Crippen molar-refractivity contribution in [3.63, 3.8) is 0 Å². The summed E-state index contributed by atoms with van der Waals surface area (Å²) >= 11 is 3.43. The first-order valence-electron chi connectivity index (χ1n) is 6.85. The predicted molar refractivity (Wildman–Crippen MR) is 82.6 cm³/mol. The number of aryl methyl sites for hydroxylation is 2. The smallest absolute Gasteiger partial charge is 0.218 e. The Labute approximate surface area is 127 Å². The van der Waals surface area contributed by atoms with Crippen LogP contribution in [0.1, 0.15) is 28.8 Å². The van der Waals surface area contributed by atoms with Gasteiger partial charge in [-0.25, -0.2) is 4.98 Å². The summed E-state index contributed by atoms with van der Waals surface area (Å²) in [4.78, 5) is 4.65. The molecule has 0 unspecified atom stereocenters. The lowest BCUT2D eigenvalue weighted by molar-refractivity contribution is 0.289. The van der Waals surface area contributed by atoms with E-state index in [4.69, 9.17) is 10.5 Å². The van der Waals surface area contributed by atoms with Crippen molar-refractivity contribution in [2.75, 3.05) is 0 Å². The van der Waals surface area contributed by atoms with Gasteiger partial charge in [-0.05, 0) is 48.6 Å². The summed E-state index contributed by atoms with van der Waals surface area (Å²) in [6.45, 7) is 0.988. The maximum atomic E-state index is 5.87. The standard InChI is InChI=1S/C16H17BrN2O/c17-14-6-4-11(5-7-14)10-20-16-13(9-18)8-12-2-1-3-15(12)19-16/h4-8H,1-3,9-10,18H2. The zero-order chi connectivity index (χ0) is 13.9. The number of pyridine rings is 1. The molecule has 4 heteroatoms. The van der Waals surface area contributed by atoms with Crippen molar-refractivity contribution in [1.82, 2.24) is 4.98 Å². The van der Waals surface area contributed by atoms with E-state index < -0.39 is 0 Å². The maximum Gasteiger partial charge on any atom is 0.218 e. The Morgan fingerprint density at radius 2 is 2.00 bits per heavy atom. The van der Waals surface area contributed by atoms with Gasteiger partial charge in [-0.1, -0.05) is 28.1 Å². The molecule has 0 saturated heterocycles. The Kier molecular flexibility index (Phi) is 4.03. The number of halogens is 1. The van der Waals surface area contributed by atoms with E-state index in [9.17, 15) is 0 Å². The molecule has 3 nitrogen and oxygen atoms in total. The molecular formula is C16H17BrN2O. The van der Waals surface area contributed by atoms with E-state index in [1.54, 1.807) is 0 Å². The van der Waals surface area contributed by atoms with Gasteiger partial charge in [-0.2, -0.15) is 0 Å². The van der Waals surface area contributed by atoms with E-state index in [1.807, 2.05) is 24.3 Å². The van der Waals surface area contributed by atoms with Crippen LogP contribution in [0.3, 0.4) is 0 Å². The summed E-state index contributed by atoms with van der Waals surface area (Å²) in [6, 6.07) is 10.3. The van der Waals surface area contributed by atoms with E-state index in [0.29, 0.717) is 19.0 Å². The van der Waals surface area contributed by atoms with Crippen LogP contribution in [0.4, 0.5) is 0 Å². The van der Waals surface area contributed by atoms with Crippen LogP contribution in [0.2, 0.25) is 0 Å². The van der Waals surface area contributed by atoms with Gasteiger partial charge in [0, 0.05) is 22.3 Å². The Morgan fingerprint density at radius 1 is 1.20 bits per heavy atom. The molecule has 104 valence electrons. The van der Waals surface area contributed by atoms with Crippen LogP contribution in [-0.2, 0) is 26.0 Å². The van der Waals surface area contributed by atoms with E-state index in [0.717, 1.165) is 28.4 Å². The molecule has 1 aliphatic rings. The summed E-state index contributed by atoms with van der Waals surface area (Å²) in [5, 5.41) is 0. The molecule has 0 atom stereocenters. The third kappa shape index (κ3) is 2.86. The monoisotopic (exact) mass is 332 g/mol. The van der Waals surface area contributed by atoms with E-state index in [-0.39, 0.29) is 0 Å². The van der Waals surface area contributed by atoms with Crippen LogP contribution in [-0.4, -0.2) is 4.98 Å². The van der Waals surface area contributed by atoms with Crippen molar-refractivity contribution >= 4 is 15.9 Å². The molecule has 0 fully saturated rings. The number of nitrogens with two attached hydrogens (primary N) is 1. The van der Waals surface area contributed by atoms with Gasteiger partial charge < -0.3 is 10.5 Å². The number of aromatic nitrogens is 1. The lowest BCUT2D eigenvalue weighted by Gasteiger charge is -2.12. The number of rotatable bonds is 4. The molecule has 2 N–H and O–H groups in total. The number of benzene rings is 1. The molecule has 0 aliphatic heterocycles. The fraction of sp³-hybridized carbons (Fsp3) is 0.312. The summed E-state index contributed by atoms with van der Waals surface area (Å²) in [6.07, 6.45) is 3.35. The van der Waals surface area contributed by atoms with Gasteiger partial charge in [0.1, 0.15) is 6.61 Å². The highest BCUT2D eigenvalue weighted by atomic mass is 79.9. The van der Waals surface area contributed by atoms with Crippen LogP contribution in [0.5, 0.6) is 5.88 Å². The van der Waals surface area contributed by atoms with Crippen LogP contribution >= 0.6 is 15.9 Å². The van der Waals surface area contributed by atoms with Crippen molar-refractivity contribution < 1.29 is 4.74 Å². The second-order valence-corrected chi connectivity index (χ2v) is 5.95. The fourth-order valence-corrected chi connectivity index (χ4v) is 2.77. The topological polar surface area (TPSA) is 48.1 Å². The third-order valence-electron chi connectivity index (χ3n) is 3.60. The van der Waals surface area contributed by atoms with Crippen molar-refractivity contribution in [2.45, 2.75) is 32.4 Å². The average molecular weight is 333 g/mol. The molecule has 1 heterocycles. The van der Waals surface area contributed by atoms with Crippen molar-refractivity contribution in [3.8, 4) is 5.88 Å². The molecule has 0 bridgehead atoms. The summed E-state index contributed by atoms with van der Waals surface area (Å²) in [5.74, 6) is 0.691. The Morgan fingerprint density at radius 3 is 2.75 bits per heavy atom.